The smallest absolute Gasteiger partial charge is 0.338 e. The number of rotatable bonds is 3. The minimum atomic E-state index is -0.753. The summed E-state index contributed by atoms with van der Waals surface area (Å²) in [5.74, 6) is -2.04. The lowest BCUT2D eigenvalue weighted by Crippen LogP contribution is -2.35. The fourth-order valence-corrected chi connectivity index (χ4v) is 2.18. The fraction of sp³-hybridized carbons (Fsp3) is 0.357. The van der Waals surface area contributed by atoms with Crippen LogP contribution >= 0.6 is 0 Å². The van der Waals surface area contributed by atoms with E-state index in [1.165, 1.54) is 12.1 Å². The number of hydroxylamine groups is 2. The lowest BCUT2D eigenvalue weighted by Gasteiger charge is -2.22. The van der Waals surface area contributed by atoms with Crippen molar-refractivity contribution in [3.8, 4) is 0 Å². The molecule has 0 N–H and O–H groups in total. The first-order valence-corrected chi connectivity index (χ1v) is 6.58. The van der Waals surface area contributed by atoms with E-state index in [-0.39, 0.29) is 17.5 Å². The third-order valence-electron chi connectivity index (χ3n) is 3.18. The van der Waals surface area contributed by atoms with Crippen LogP contribution in [0, 0.1) is 0 Å². The molecule has 0 atom stereocenters. The molecule has 0 spiro atoms. The highest BCUT2D eigenvalue weighted by Crippen LogP contribution is 2.23. The Labute approximate surface area is 120 Å². The summed E-state index contributed by atoms with van der Waals surface area (Å²) >= 11 is 0. The van der Waals surface area contributed by atoms with Crippen LogP contribution in [0.4, 0.5) is 0 Å². The third-order valence-corrected chi connectivity index (χ3v) is 3.18. The Hall–Kier alpha value is -2.25. The average molecular weight is 291 g/mol. The lowest BCUT2D eigenvalue weighted by atomic mass is 10.1. The number of ether oxygens (including phenoxy) is 2. The van der Waals surface area contributed by atoms with Crippen molar-refractivity contribution in [1.82, 2.24) is 5.06 Å². The van der Waals surface area contributed by atoms with Gasteiger partial charge in [-0.1, -0.05) is 17.2 Å². The van der Waals surface area contributed by atoms with Crippen molar-refractivity contribution in [3.05, 3.63) is 35.4 Å². The molecule has 0 unspecified atom stereocenters. The number of benzene rings is 1. The van der Waals surface area contributed by atoms with Gasteiger partial charge >= 0.3 is 5.97 Å². The molecule has 21 heavy (non-hydrogen) atoms. The highest BCUT2D eigenvalue weighted by Gasteiger charge is 2.39. The van der Waals surface area contributed by atoms with E-state index >= 15 is 0 Å². The molecular formula is C14H13NO6. The molecule has 0 radical (unpaired) electrons. The Balaban J connectivity index is 1.64. The Morgan fingerprint density at radius 1 is 1.14 bits per heavy atom. The van der Waals surface area contributed by atoms with Gasteiger partial charge in [0, 0.05) is 0 Å². The van der Waals surface area contributed by atoms with Crippen molar-refractivity contribution < 1.29 is 28.7 Å². The van der Waals surface area contributed by atoms with Gasteiger partial charge in [0.1, 0.15) is 0 Å². The van der Waals surface area contributed by atoms with Crippen LogP contribution in [0.2, 0.25) is 0 Å². The van der Waals surface area contributed by atoms with E-state index in [2.05, 4.69) is 0 Å². The summed E-state index contributed by atoms with van der Waals surface area (Å²) in [6.45, 7) is 1.01. The van der Waals surface area contributed by atoms with E-state index in [0.717, 1.165) is 6.42 Å². The molecule has 1 fully saturated rings. The SMILES string of the molecule is O=C(CC1OCCCO1)ON1C(=O)c2ccccc2C1=O. The maximum absolute atomic E-state index is 12.0. The topological polar surface area (TPSA) is 82.1 Å². The number of hydrogen-bond donors (Lipinski definition) is 0. The van der Waals surface area contributed by atoms with Gasteiger partial charge < -0.3 is 14.3 Å². The lowest BCUT2D eigenvalue weighted by molar-refractivity contribution is -0.202. The van der Waals surface area contributed by atoms with Crippen LogP contribution in [0.3, 0.4) is 0 Å². The van der Waals surface area contributed by atoms with Gasteiger partial charge in [-0.3, -0.25) is 9.59 Å². The molecule has 7 nitrogen and oxygen atoms in total. The molecule has 0 aromatic heterocycles. The molecule has 3 rings (SSSR count). The summed E-state index contributed by atoms with van der Waals surface area (Å²) in [5.41, 5.74) is 0.445. The summed E-state index contributed by atoms with van der Waals surface area (Å²) in [6, 6.07) is 6.30. The Kier molecular flexibility index (Phi) is 3.68. The van der Waals surface area contributed by atoms with Crippen molar-refractivity contribution in [2.24, 2.45) is 0 Å². The van der Waals surface area contributed by atoms with E-state index in [9.17, 15) is 14.4 Å². The van der Waals surface area contributed by atoms with Gasteiger partial charge in [-0.05, 0) is 18.6 Å². The number of imide groups is 1. The number of carbonyl (C=O) groups is 3. The molecular weight excluding hydrogens is 278 g/mol. The predicted molar refractivity (Wildman–Crippen MR) is 68.0 cm³/mol. The molecule has 2 heterocycles. The van der Waals surface area contributed by atoms with Crippen molar-refractivity contribution in [2.45, 2.75) is 19.1 Å². The van der Waals surface area contributed by atoms with Crippen molar-refractivity contribution in [3.63, 3.8) is 0 Å². The zero-order valence-corrected chi connectivity index (χ0v) is 11.1. The second kappa shape index (κ2) is 5.63. The van der Waals surface area contributed by atoms with Crippen LogP contribution in [-0.2, 0) is 19.1 Å². The van der Waals surface area contributed by atoms with Crippen molar-refractivity contribution >= 4 is 17.8 Å². The molecule has 1 aromatic carbocycles. The number of fused-ring (bicyclic) bond motifs is 1. The van der Waals surface area contributed by atoms with Crippen LogP contribution in [0.15, 0.2) is 24.3 Å². The summed E-state index contributed by atoms with van der Waals surface area (Å²) in [5, 5.41) is 0.482. The molecule has 1 saturated heterocycles. The van der Waals surface area contributed by atoms with Gasteiger partial charge in [0.05, 0.1) is 30.8 Å². The summed E-state index contributed by atoms with van der Waals surface area (Å²) in [7, 11) is 0. The molecule has 1 aromatic rings. The van der Waals surface area contributed by atoms with E-state index in [0.29, 0.717) is 18.3 Å². The van der Waals surface area contributed by atoms with Gasteiger partial charge in [-0.25, -0.2) is 4.79 Å². The Bertz CT molecular complexity index is 558. The largest absolute Gasteiger partial charge is 0.352 e. The number of hydrogen-bond acceptors (Lipinski definition) is 6. The molecule has 0 saturated carbocycles. The van der Waals surface area contributed by atoms with Gasteiger partial charge in [-0.15, -0.1) is 0 Å². The van der Waals surface area contributed by atoms with E-state index in [1.807, 2.05) is 0 Å². The zero-order valence-electron chi connectivity index (χ0n) is 11.1. The van der Waals surface area contributed by atoms with Crippen molar-refractivity contribution in [1.29, 1.82) is 0 Å². The minimum Gasteiger partial charge on any atom is -0.352 e. The molecule has 2 amide bonds. The standard InChI is InChI=1S/C14H13NO6/c16-11(8-12-19-6-3-7-20-12)21-15-13(17)9-4-1-2-5-10(9)14(15)18/h1-2,4-5,12H,3,6-8H2. The van der Waals surface area contributed by atoms with Gasteiger partial charge in [-0.2, -0.15) is 0 Å². The number of nitrogens with zero attached hydrogens (tertiary/aromatic N) is 1. The maximum atomic E-state index is 12.0. The van der Waals surface area contributed by atoms with Crippen LogP contribution in [-0.4, -0.2) is 42.4 Å². The highest BCUT2D eigenvalue weighted by molar-refractivity contribution is 6.20. The molecule has 2 aliphatic rings. The van der Waals surface area contributed by atoms with Crippen LogP contribution < -0.4 is 0 Å². The molecule has 110 valence electrons. The Morgan fingerprint density at radius 2 is 1.71 bits per heavy atom. The maximum Gasteiger partial charge on any atom is 0.338 e. The average Bonchev–Trinajstić information content (AvgIpc) is 2.74. The summed E-state index contributed by atoms with van der Waals surface area (Å²) in [6.07, 6.45) is -0.0985. The monoisotopic (exact) mass is 291 g/mol. The van der Waals surface area contributed by atoms with Gasteiger partial charge in [0.15, 0.2) is 6.29 Å². The zero-order chi connectivity index (χ0) is 14.8. The Morgan fingerprint density at radius 3 is 2.29 bits per heavy atom. The van der Waals surface area contributed by atoms with Crippen LogP contribution in [0.25, 0.3) is 0 Å². The first kappa shape index (κ1) is 13.7. The van der Waals surface area contributed by atoms with Crippen LogP contribution in [0.1, 0.15) is 33.6 Å². The van der Waals surface area contributed by atoms with E-state index < -0.39 is 24.1 Å². The minimum absolute atomic E-state index is 0.173. The molecule has 7 heteroatoms. The molecule has 2 aliphatic heterocycles. The highest BCUT2D eigenvalue weighted by atomic mass is 16.7. The number of amides is 2. The van der Waals surface area contributed by atoms with Gasteiger partial charge in [0.2, 0.25) is 0 Å². The first-order chi connectivity index (χ1) is 10.2. The summed E-state index contributed by atoms with van der Waals surface area (Å²) in [4.78, 5) is 40.6. The second-order valence-electron chi connectivity index (χ2n) is 4.64. The van der Waals surface area contributed by atoms with Crippen molar-refractivity contribution in [2.75, 3.05) is 13.2 Å². The van der Waals surface area contributed by atoms with E-state index in [4.69, 9.17) is 14.3 Å². The van der Waals surface area contributed by atoms with Crippen LogP contribution in [0.5, 0.6) is 0 Å². The third kappa shape index (κ3) is 2.65. The first-order valence-electron chi connectivity index (χ1n) is 6.58. The second-order valence-corrected chi connectivity index (χ2v) is 4.64. The number of carbonyl (C=O) groups excluding carboxylic acids is 3. The fourth-order valence-electron chi connectivity index (χ4n) is 2.18. The quantitative estimate of drug-likeness (QED) is 0.769. The molecule has 0 aliphatic carbocycles. The normalized spacial score (nSPS) is 18.8. The van der Waals surface area contributed by atoms with Gasteiger partial charge in [0.25, 0.3) is 11.8 Å². The predicted octanol–water partition coefficient (Wildman–Crippen LogP) is 0.894. The summed E-state index contributed by atoms with van der Waals surface area (Å²) < 4.78 is 10.4. The molecule has 0 bridgehead atoms. The van der Waals surface area contributed by atoms with E-state index in [1.54, 1.807) is 12.1 Å².